The Morgan fingerprint density at radius 3 is 2.59 bits per heavy atom. The number of nitrogen functional groups attached to an aromatic ring is 1. The van der Waals surface area contributed by atoms with Crippen molar-refractivity contribution in [2.24, 2.45) is 0 Å². The second-order valence-corrected chi connectivity index (χ2v) is 10.5. The first-order valence-corrected chi connectivity index (χ1v) is 13.5. The molecule has 5 heterocycles. The Balaban J connectivity index is 1.40. The lowest BCUT2D eigenvalue weighted by atomic mass is 10.0. The summed E-state index contributed by atoms with van der Waals surface area (Å²) in [5.74, 6) is 0.181. The van der Waals surface area contributed by atoms with Crippen LogP contribution in [-0.4, -0.2) is 85.3 Å². The minimum Gasteiger partial charge on any atom is -0.387 e. The molecular formula is C28H34N8O3. The number of rotatable bonds is 5. The first-order chi connectivity index (χ1) is 19.0. The molecule has 11 nitrogen and oxygen atoms in total. The van der Waals surface area contributed by atoms with Crippen molar-refractivity contribution in [2.75, 3.05) is 43.5 Å². The van der Waals surface area contributed by atoms with Gasteiger partial charge >= 0.3 is 0 Å². The zero-order chi connectivity index (χ0) is 27.1. The molecule has 2 aliphatic rings. The van der Waals surface area contributed by atoms with E-state index in [-0.39, 0.29) is 24.0 Å². The van der Waals surface area contributed by atoms with Crippen molar-refractivity contribution >= 4 is 22.9 Å². The topological polar surface area (TPSA) is 127 Å². The summed E-state index contributed by atoms with van der Waals surface area (Å²) in [6.07, 6.45) is 5.14. The van der Waals surface area contributed by atoms with Crippen LogP contribution in [0.4, 0.5) is 11.5 Å². The van der Waals surface area contributed by atoms with Gasteiger partial charge < -0.3 is 25.4 Å². The largest absolute Gasteiger partial charge is 0.387 e. The summed E-state index contributed by atoms with van der Waals surface area (Å²) in [5.41, 5.74) is 12.1. The van der Waals surface area contributed by atoms with E-state index in [1.807, 2.05) is 22.8 Å². The monoisotopic (exact) mass is 530 g/mol. The van der Waals surface area contributed by atoms with Gasteiger partial charge in [-0.1, -0.05) is 12.1 Å². The van der Waals surface area contributed by atoms with Crippen LogP contribution >= 0.6 is 0 Å². The molecule has 2 fully saturated rings. The predicted octanol–water partition coefficient (Wildman–Crippen LogP) is 2.61. The summed E-state index contributed by atoms with van der Waals surface area (Å²) < 4.78 is 9.52. The molecule has 204 valence electrons. The maximum atomic E-state index is 12.1. The van der Waals surface area contributed by atoms with Gasteiger partial charge in [-0.25, -0.2) is 9.50 Å². The maximum absolute atomic E-state index is 12.1. The highest BCUT2D eigenvalue weighted by molar-refractivity contribution is 5.91. The van der Waals surface area contributed by atoms with Gasteiger partial charge in [-0.3, -0.25) is 9.48 Å². The zero-order valence-corrected chi connectivity index (χ0v) is 22.3. The average Bonchev–Trinajstić information content (AvgIpc) is 3.59. The van der Waals surface area contributed by atoms with E-state index in [1.54, 1.807) is 4.90 Å². The SMILES string of the molecule is CC1CN(C(=O)CO)CC(C)N1c1cccc(-c2cc(-c3ccnn3C3CCOCC3)c3c(N)ncnn23)c1. The number of anilines is 2. The highest BCUT2D eigenvalue weighted by atomic mass is 16.5. The van der Waals surface area contributed by atoms with Crippen LogP contribution in [0.5, 0.6) is 0 Å². The number of aliphatic hydroxyl groups is 1. The molecule has 0 saturated carbocycles. The van der Waals surface area contributed by atoms with Crippen molar-refractivity contribution in [1.29, 1.82) is 0 Å². The number of amides is 1. The number of hydrogen-bond donors (Lipinski definition) is 2. The number of aromatic nitrogens is 5. The first kappa shape index (κ1) is 25.3. The molecule has 0 aliphatic carbocycles. The van der Waals surface area contributed by atoms with Crippen LogP contribution in [0.25, 0.3) is 28.0 Å². The smallest absolute Gasteiger partial charge is 0.248 e. The third-order valence-electron chi connectivity index (χ3n) is 7.91. The molecule has 2 saturated heterocycles. The number of carbonyl (C=O) groups is 1. The van der Waals surface area contributed by atoms with Crippen molar-refractivity contribution < 1.29 is 14.6 Å². The van der Waals surface area contributed by atoms with E-state index in [0.29, 0.717) is 18.9 Å². The number of carbonyl (C=O) groups excluding carboxylic acids is 1. The third kappa shape index (κ3) is 4.51. The van der Waals surface area contributed by atoms with Crippen LogP contribution in [0.2, 0.25) is 0 Å². The van der Waals surface area contributed by atoms with Crippen LogP contribution in [0.3, 0.4) is 0 Å². The average molecular weight is 531 g/mol. The third-order valence-corrected chi connectivity index (χ3v) is 7.91. The first-order valence-electron chi connectivity index (χ1n) is 13.5. The summed E-state index contributed by atoms with van der Waals surface area (Å²) in [7, 11) is 0. The second kappa shape index (κ2) is 10.3. The van der Waals surface area contributed by atoms with Gasteiger partial charge in [-0.15, -0.1) is 0 Å². The van der Waals surface area contributed by atoms with E-state index in [1.165, 1.54) is 6.33 Å². The fraction of sp³-hybridized carbons (Fsp3) is 0.429. The molecule has 2 aliphatic heterocycles. The van der Waals surface area contributed by atoms with Crippen molar-refractivity contribution in [3.8, 4) is 22.5 Å². The molecule has 3 aromatic heterocycles. The Hall–Kier alpha value is -3.96. The Bertz CT molecular complexity index is 1480. The van der Waals surface area contributed by atoms with Gasteiger partial charge in [0.05, 0.1) is 17.4 Å². The Kier molecular flexibility index (Phi) is 6.69. The fourth-order valence-corrected chi connectivity index (χ4v) is 6.18. The highest BCUT2D eigenvalue weighted by Gasteiger charge is 2.32. The molecule has 2 atom stereocenters. The van der Waals surface area contributed by atoms with Crippen molar-refractivity contribution in [1.82, 2.24) is 29.3 Å². The second-order valence-electron chi connectivity index (χ2n) is 10.5. The fourth-order valence-electron chi connectivity index (χ4n) is 6.18. The van der Waals surface area contributed by atoms with Crippen LogP contribution in [0, 0.1) is 0 Å². The summed E-state index contributed by atoms with van der Waals surface area (Å²) in [6.45, 7) is 6.33. The number of hydrogen-bond acceptors (Lipinski definition) is 8. The van der Waals surface area contributed by atoms with Gasteiger partial charge in [0.25, 0.3) is 0 Å². The minimum atomic E-state index is -0.461. The Morgan fingerprint density at radius 1 is 1.08 bits per heavy atom. The maximum Gasteiger partial charge on any atom is 0.248 e. The number of piperazine rings is 1. The number of fused-ring (bicyclic) bond motifs is 1. The van der Waals surface area contributed by atoms with Gasteiger partial charge in [0.2, 0.25) is 5.91 Å². The number of aliphatic hydroxyl groups excluding tert-OH is 1. The Morgan fingerprint density at radius 2 is 1.85 bits per heavy atom. The van der Waals surface area contributed by atoms with E-state index in [0.717, 1.165) is 59.8 Å². The van der Waals surface area contributed by atoms with Crippen LogP contribution in [-0.2, 0) is 9.53 Å². The van der Waals surface area contributed by atoms with Crippen LogP contribution in [0.1, 0.15) is 32.7 Å². The van der Waals surface area contributed by atoms with Crippen molar-refractivity contribution in [3.05, 3.63) is 48.9 Å². The zero-order valence-electron chi connectivity index (χ0n) is 22.3. The molecule has 0 bridgehead atoms. The molecule has 3 N–H and O–H groups in total. The van der Waals surface area contributed by atoms with Gasteiger partial charge in [0.15, 0.2) is 5.82 Å². The summed E-state index contributed by atoms with van der Waals surface area (Å²) in [4.78, 5) is 20.5. The molecule has 2 unspecified atom stereocenters. The molecular weight excluding hydrogens is 496 g/mol. The van der Waals surface area contributed by atoms with E-state index in [2.05, 4.69) is 62.9 Å². The molecule has 1 aromatic carbocycles. The molecule has 1 amide bonds. The van der Waals surface area contributed by atoms with E-state index >= 15 is 0 Å². The standard InChI is InChI=1S/C28H34N8O3/c1-18-14-33(26(38)16-37)15-19(2)34(18)22-5-3-4-20(12-22)25-13-23(27-28(29)30-17-32-36(25)27)24-6-9-31-35(24)21-7-10-39-11-8-21/h3-6,9,12-13,17-19,21,37H,7-8,10-11,14-16H2,1-2H3,(H2,29,30,32). The van der Waals surface area contributed by atoms with Gasteiger partial charge in [-0.2, -0.15) is 10.2 Å². The molecule has 11 heteroatoms. The number of nitrogens with two attached hydrogens (primary N) is 1. The van der Waals surface area contributed by atoms with E-state index in [9.17, 15) is 9.90 Å². The van der Waals surface area contributed by atoms with Crippen molar-refractivity contribution in [2.45, 2.75) is 44.8 Å². The van der Waals surface area contributed by atoms with Gasteiger partial charge in [0.1, 0.15) is 18.5 Å². The summed E-state index contributed by atoms with van der Waals surface area (Å²) in [5, 5.41) is 18.6. The number of benzene rings is 1. The molecule has 0 spiro atoms. The van der Waals surface area contributed by atoms with Crippen LogP contribution < -0.4 is 10.6 Å². The molecule has 4 aromatic rings. The molecule has 39 heavy (non-hydrogen) atoms. The van der Waals surface area contributed by atoms with E-state index in [4.69, 9.17) is 10.5 Å². The molecule has 6 rings (SSSR count). The molecule has 0 radical (unpaired) electrons. The minimum absolute atomic E-state index is 0.0888. The van der Waals surface area contributed by atoms with Crippen molar-refractivity contribution in [3.63, 3.8) is 0 Å². The highest BCUT2D eigenvalue weighted by Crippen LogP contribution is 2.38. The number of nitrogens with zero attached hydrogens (tertiary/aromatic N) is 7. The summed E-state index contributed by atoms with van der Waals surface area (Å²) in [6, 6.07) is 13.0. The lowest BCUT2D eigenvalue weighted by Gasteiger charge is -2.45. The van der Waals surface area contributed by atoms with Gasteiger partial charge in [-0.05, 0) is 51.0 Å². The van der Waals surface area contributed by atoms with E-state index < -0.39 is 6.61 Å². The lowest BCUT2D eigenvalue weighted by Crippen LogP contribution is -2.58. The van der Waals surface area contributed by atoms with Gasteiger partial charge in [0, 0.05) is 61.4 Å². The summed E-state index contributed by atoms with van der Waals surface area (Å²) >= 11 is 0. The Labute approximate surface area is 226 Å². The predicted molar refractivity (Wildman–Crippen MR) is 148 cm³/mol. The number of ether oxygens (including phenoxy) is 1. The van der Waals surface area contributed by atoms with Crippen LogP contribution in [0.15, 0.2) is 48.9 Å². The quantitative estimate of drug-likeness (QED) is 0.403. The lowest BCUT2D eigenvalue weighted by molar-refractivity contribution is -0.135. The normalized spacial score (nSPS) is 20.6.